The van der Waals surface area contributed by atoms with Gasteiger partial charge in [0.25, 0.3) is 0 Å². The van der Waals surface area contributed by atoms with Crippen LogP contribution in [0.5, 0.6) is 0 Å². The Morgan fingerprint density at radius 1 is 1.43 bits per heavy atom. The Balaban J connectivity index is 2.88. The second-order valence-corrected chi connectivity index (χ2v) is 3.09. The highest BCUT2D eigenvalue weighted by atomic mass is 16.3. The quantitative estimate of drug-likeness (QED) is 0.702. The molecule has 0 aliphatic carbocycles. The number of benzene rings is 1. The average molecular weight is 191 g/mol. The van der Waals surface area contributed by atoms with E-state index in [1.54, 1.807) is 25.1 Å². The van der Waals surface area contributed by atoms with Gasteiger partial charge in [0.15, 0.2) is 0 Å². The Morgan fingerprint density at radius 3 is 2.43 bits per heavy atom. The van der Waals surface area contributed by atoms with Gasteiger partial charge in [-0.05, 0) is 24.1 Å². The van der Waals surface area contributed by atoms with Crippen LogP contribution in [0.4, 0.5) is 0 Å². The molecule has 0 fully saturated rings. The Kier molecular flexibility index (Phi) is 3.42. The van der Waals surface area contributed by atoms with Crippen molar-refractivity contribution in [1.82, 2.24) is 0 Å². The van der Waals surface area contributed by atoms with Crippen LogP contribution < -0.4 is 5.73 Å². The molecule has 0 heterocycles. The Labute approximate surface area is 82.9 Å². The minimum absolute atomic E-state index is 0.0266. The van der Waals surface area contributed by atoms with Crippen LogP contribution in [0, 0.1) is 0 Å². The van der Waals surface area contributed by atoms with Crippen LogP contribution in [0.2, 0.25) is 0 Å². The van der Waals surface area contributed by atoms with Crippen molar-refractivity contribution in [2.24, 2.45) is 5.73 Å². The van der Waals surface area contributed by atoms with Crippen molar-refractivity contribution in [1.29, 1.82) is 0 Å². The number of hydrogen-bond acceptors (Lipinski definition) is 2. The van der Waals surface area contributed by atoms with Crippen molar-refractivity contribution in [3.05, 3.63) is 41.0 Å². The Hall–Kier alpha value is -1.61. The van der Waals surface area contributed by atoms with E-state index in [4.69, 9.17) is 10.8 Å². The maximum absolute atomic E-state index is 10.7. The highest BCUT2D eigenvalue weighted by Crippen LogP contribution is 2.08. The van der Waals surface area contributed by atoms with Crippen LogP contribution in [0.3, 0.4) is 0 Å². The SMILES string of the molecule is CC(=Cc1ccc(CO)cc1)C(N)=O. The predicted molar refractivity (Wildman–Crippen MR) is 55.2 cm³/mol. The standard InChI is InChI=1S/C11H13NO2/c1-8(11(12)14)6-9-2-4-10(7-13)5-3-9/h2-6,13H,7H2,1H3,(H2,12,14). The molecule has 1 amide bonds. The van der Waals surface area contributed by atoms with Gasteiger partial charge < -0.3 is 10.8 Å². The van der Waals surface area contributed by atoms with Crippen molar-refractivity contribution in [2.75, 3.05) is 0 Å². The van der Waals surface area contributed by atoms with Gasteiger partial charge >= 0.3 is 0 Å². The lowest BCUT2D eigenvalue weighted by molar-refractivity contribution is -0.114. The van der Waals surface area contributed by atoms with E-state index in [1.807, 2.05) is 12.1 Å². The summed E-state index contributed by atoms with van der Waals surface area (Å²) in [6, 6.07) is 7.27. The topological polar surface area (TPSA) is 63.3 Å². The summed E-state index contributed by atoms with van der Waals surface area (Å²) >= 11 is 0. The summed E-state index contributed by atoms with van der Waals surface area (Å²) in [6.07, 6.45) is 1.71. The molecular formula is C11H13NO2. The third-order valence-electron chi connectivity index (χ3n) is 1.93. The molecule has 0 aromatic heterocycles. The number of carbonyl (C=O) groups excluding carboxylic acids is 1. The van der Waals surface area contributed by atoms with Crippen molar-refractivity contribution >= 4 is 12.0 Å². The first-order chi connectivity index (χ1) is 6.63. The third-order valence-corrected chi connectivity index (χ3v) is 1.93. The van der Waals surface area contributed by atoms with Crippen LogP contribution in [0.25, 0.3) is 6.08 Å². The summed E-state index contributed by atoms with van der Waals surface area (Å²) in [5.41, 5.74) is 7.36. The lowest BCUT2D eigenvalue weighted by Crippen LogP contribution is -2.11. The number of primary amides is 1. The Bertz CT molecular complexity index is 352. The van der Waals surface area contributed by atoms with Gasteiger partial charge in [-0.2, -0.15) is 0 Å². The zero-order chi connectivity index (χ0) is 10.6. The Morgan fingerprint density at radius 2 is 2.00 bits per heavy atom. The number of hydrogen-bond donors (Lipinski definition) is 2. The number of aliphatic hydroxyl groups excluding tert-OH is 1. The van der Waals surface area contributed by atoms with Crippen molar-refractivity contribution in [2.45, 2.75) is 13.5 Å². The van der Waals surface area contributed by atoms with Gasteiger partial charge in [0, 0.05) is 5.57 Å². The summed E-state index contributed by atoms with van der Waals surface area (Å²) in [4.78, 5) is 10.7. The van der Waals surface area contributed by atoms with Crippen LogP contribution in [0.1, 0.15) is 18.1 Å². The molecule has 1 aromatic carbocycles. The van der Waals surface area contributed by atoms with E-state index in [9.17, 15) is 4.79 Å². The lowest BCUT2D eigenvalue weighted by atomic mass is 10.1. The van der Waals surface area contributed by atoms with E-state index < -0.39 is 5.91 Å². The number of nitrogens with two attached hydrogens (primary N) is 1. The van der Waals surface area contributed by atoms with Gasteiger partial charge in [-0.15, -0.1) is 0 Å². The molecule has 0 radical (unpaired) electrons. The minimum atomic E-state index is -0.420. The molecule has 3 nitrogen and oxygen atoms in total. The van der Waals surface area contributed by atoms with Crippen LogP contribution in [-0.2, 0) is 11.4 Å². The van der Waals surface area contributed by atoms with Gasteiger partial charge in [0.05, 0.1) is 6.61 Å². The highest BCUT2D eigenvalue weighted by Gasteiger charge is 1.97. The fourth-order valence-electron chi connectivity index (χ4n) is 1.04. The minimum Gasteiger partial charge on any atom is -0.392 e. The molecule has 14 heavy (non-hydrogen) atoms. The molecule has 0 saturated carbocycles. The maximum atomic E-state index is 10.7. The molecule has 0 atom stereocenters. The molecular weight excluding hydrogens is 178 g/mol. The summed E-state index contributed by atoms with van der Waals surface area (Å²) in [5, 5.41) is 8.81. The van der Waals surface area contributed by atoms with Crippen LogP contribution >= 0.6 is 0 Å². The largest absolute Gasteiger partial charge is 0.392 e. The average Bonchev–Trinajstić information content (AvgIpc) is 2.19. The molecule has 74 valence electrons. The van der Waals surface area contributed by atoms with E-state index in [0.29, 0.717) is 5.57 Å². The summed E-state index contributed by atoms with van der Waals surface area (Å²) in [6.45, 7) is 1.70. The molecule has 0 aliphatic rings. The molecule has 0 saturated heterocycles. The number of rotatable bonds is 3. The molecule has 0 spiro atoms. The van der Waals surface area contributed by atoms with Gasteiger partial charge in [-0.3, -0.25) is 4.79 Å². The smallest absolute Gasteiger partial charge is 0.244 e. The second kappa shape index (κ2) is 4.58. The van der Waals surface area contributed by atoms with Gasteiger partial charge in [-0.25, -0.2) is 0 Å². The van der Waals surface area contributed by atoms with E-state index in [1.165, 1.54) is 0 Å². The maximum Gasteiger partial charge on any atom is 0.244 e. The van der Waals surface area contributed by atoms with Gasteiger partial charge in [0.1, 0.15) is 0 Å². The molecule has 3 heteroatoms. The highest BCUT2D eigenvalue weighted by molar-refractivity contribution is 5.95. The molecule has 1 rings (SSSR count). The summed E-state index contributed by atoms with van der Waals surface area (Å²) in [7, 11) is 0. The molecule has 0 aliphatic heterocycles. The van der Waals surface area contributed by atoms with Crippen molar-refractivity contribution in [3.63, 3.8) is 0 Å². The van der Waals surface area contributed by atoms with Crippen LogP contribution in [-0.4, -0.2) is 11.0 Å². The number of carbonyl (C=O) groups is 1. The second-order valence-electron chi connectivity index (χ2n) is 3.09. The molecule has 0 bridgehead atoms. The lowest BCUT2D eigenvalue weighted by Gasteiger charge is -1.98. The fourth-order valence-corrected chi connectivity index (χ4v) is 1.04. The van der Waals surface area contributed by atoms with Gasteiger partial charge in [-0.1, -0.05) is 24.3 Å². The number of aliphatic hydroxyl groups is 1. The molecule has 1 aromatic rings. The van der Waals surface area contributed by atoms with Crippen LogP contribution in [0.15, 0.2) is 29.8 Å². The zero-order valence-corrected chi connectivity index (χ0v) is 8.03. The first-order valence-electron chi connectivity index (χ1n) is 4.31. The fraction of sp³-hybridized carbons (Fsp3) is 0.182. The van der Waals surface area contributed by atoms with Crippen molar-refractivity contribution in [3.8, 4) is 0 Å². The van der Waals surface area contributed by atoms with Gasteiger partial charge in [0.2, 0.25) is 5.91 Å². The first-order valence-corrected chi connectivity index (χ1v) is 4.31. The van der Waals surface area contributed by atoms with E-state index >= 15 is 0 Å². The van der Waals surface area contributed by atoms with E-state index in [0.717, 1.165) is 11.1 Å². The summed E-state index contributed by atoms with van der Waals surface area (Å²) < 4.78 is 0. The van der Waals surface area contributed by atoms with E-state index in [2.05, 4.69) is 0 Å². The first kappa shape index (κ1) is 10.5. The van der Waals surface area contributed by atoms with E-state index in [-0.39, 0.29) is 6.61 Å². The molecule has 3 N–H and O–H groups in total. The summed E-state index contributed by atoms with van der Waals surface area (Å²) in [5.74, 6) is -0.420. The normalized spacial score (nSPS) is 11.4. The zero-order valence-electron chi connectivity index (χ0n) is 8.03. The molecule has 0 unspecified atom stereocenters. The monoisotopic (exact) mass is 191 g/mol. The number of amides is 1. The predicted octanol–water partition coefficient (Wildman–Crippen LogP) is 1.07. The van der Waals surface area contributed by atoms with Crippen molar-refractivity contribution < 1.29 is 9.90 Å². The third kappa shape index (κ3) is 2.71.